The van der Waals surface area contributed by atoms with Crippen LogP contribution < -0.4 is 0 Å². The van der Waals surface area contributed by atoms with Crippen molar-refractivity contribution in [2.75, 3.05) is 0 Å². The van der Waals surface area contributed by atoms with E-state index in [4.69, 9.17) is 0 Å². The van der Waals surface area contributed by atoms with Gasteiger partial charge in [0.15, 0.2) is 0 Å². The zero-order chi connectivity index (χ0) is 9.84. The van der Waals surface area contributed by atoms with E-state index in [0.717, 1.165) is 0 Å². The third-order valence-electron chi connectivity index (χ3n) is 1.45. The highest BCUT2D eigenvalue weighted by atomic mass is 79.9. The van der Waals surface area contributed by atoms with Crippen molar-refractivity contribution in [2.24, 2.45) is 0 Å². The zero-order valence-corrected chi connectivity index (χ0v) is 8.60. The van der Waals surface area contributed by atoms with Gasteiger partial charge in [-0.15, -0.1) is 0 Å². The van der Waals surface area contributed by atoms with Gasteiger partial charge in [-0.1, -0.05) is 22.0 Å². The Hall–Kier alpha value is -0.900. The Balaban J connectivity index is 2.72. The fourth-order valence-electron chi connectivity index (χ4n) is 0.818. The first-order valence-electron chi connectivity index (χ1n) is 3.67. The van der Waals surface area contributed by atoms with Gasteiger partial charge in [0.05, 0.1) is 0 Å². The molecule has 0 spiro atoms. The molecule has 1 aromatic rings. The molecule has 4 heteroatoms. The fraction of sp³-hybridized carbons (Fsp3) is 0.222. The fourth-order valence-corrected chi connectivity index (χ4v) is 1.15. The molecule has 0 aliphatic heterocycles. The highest BCUT2D eigenvalue weighted by molar-refractivity contribution is 9.10. The molecule has 0 aromatic heterocycles. The standard InChI is InChI=1S/C9H8BrFO2/c1-6(12)13-5-7-2-3-8(10)4-9(7)11/h2-4H,5H2,1H3. The van der Waals surface area contributed by atoms with E-state index in [1.165, 1.54) is 13.0 Å². The molecular weight excluding hydrogens is 239 g/mol. The lowest BCUT2D eigenvalue weighted by atomic mass is 10.2. The maximum Gasteiger partial charge on any atom is 0.302 e. The van der Waals surface area contributed by atoms with E-state index in [9.17, 15) is 9.18 Å². The van der Waals surface area contributed by atoms with Gasteiger partial charge in [0.1, 0.15) is 12.4 Å². The van der Waals surface area contributed by atoms with Gasteiger partial charge in [0, 0.05) is 17.0 Å². The highest BCUT2D eigenvalue weighted by Gasteiger charge is 2.03. The summed E-state index contributed by atoms with van der Waals surface area (Å²) in [5.41, 5.74) is 0.374. The summed E-state index contributed by atoms with van der Waals surface area (Å²) in [6, 6.07) is 4.60. The molecule has 0 saturated carbocycles. The number of hydrogen-bond acceptors (Lipinski definition) is 2. The molecule has 0 unspecified atom stereocenters. The van der Waals surface area contributed by atoms with Crippen LogP contribution in [-0.4, -0.2) is 5.97 Å². The van der Waals surface area contributed by atoms with E-state index in [1.807, 2.05) is 0 Å². The van der Waals surface area contributed by atoms with E-state index in [2.05, 4.69) is 20.7 Å². The predicted octanol–water partition coefficient (Wildman–Crippen LogP) is 2.65. The monoisotopic (exact) mass is 246 g/mol. The van der Waals surface area contributed by atoms with Crippen LogP contribution in [-0.2, 0) is 16.1 Å². The van der Waals surface area contributed by atoms with Crippen LogP contribution in [0.4, 0.5) is 4.39 Å². The molecule has 0 fully saturated rings. The van der Waals surface area contributed by atoms with E-state index in [0.29, 0.717) is 10.0 Å². The Morgan fingerprint density at radius 3 is 2.85 bits per heavy atom. The largest absolute Gasteiger partial charge is 0.461 e. The van der Waals surface area contributed by atoms with Crippen molar-refractivity contribution in [3.05, 3.63) is 34.1 Å². The second-order valence-electron chi connectivity index (χ2n) is 2.52. The number of rotatable bonds is 2. The SMILES string of the molecule is CC(=O)OCc1ccc(Br)cc1F. The molecule has 1 rings (SSSR count). The molecule has 0 saturated heterocycles. The van der Waals surface area contributed by atoms with Gasteiger partial charge in [-0.05, 0) is 12.1 Å². The van der Waals surface area contributed by atoms with Gasteiger partial charge < -0.3 is 4.74 Å². The Labute approximate surface area is 83.8 Å². The topological polar surface area (TPSA) is 26.3 Å². The number of hydrogen-bond donors (Lipinski definition) is 0. The normalized spacial score (nSPS) is 9.77. The molecule has 0 heterocycles. The van der Waals surface area contributed by atoms with E-state index >= 15 is 0 Å². The number of benzene rings is 1. The molecular formula is C9H8BrFO2. The summed E-state index contributed by atoms with van der Waals surface area (Å²) in [7, 11) is 0. The van der Waals surface area contributed by atoms with Crippen molar-refractivity contribution in [1.82, 2.24) is 0 Å². The first-order valence-corrected chi connectivity index (χ1v) is 4.46. The molecule has 1 aromatic carbocycles. The second kappa shape index (κ2) is 4.37. The summed E-state index contributed by atoms with van der Waals surface area (Å²) in [6.07, 6.45) is 0. The molecule has 70 valence electrons. The minimum Gasteiger partial charge on any atom is -0.461 e. The Morgan fingerprint density at radius 2 is 2.31 bits per heavy atom. The third kappa shape index (κ3) is 3.14. The summed E-state index contributed by atoms with van der Waals surface area (Å²) >= 11 is 3.13. The molecule has 2 nitrogen and oxygen atoms in total. The quantitative estimate of drug-likeness (QED) is 0.751. The van der Waals surface area contributed by atoms with Gasteiger partial charge >= 0.3 is 5.97 Å². The summed E-state index contributed by atoms with van der Waals surface area (Å²) in [5.74, 6) is -0.794. The summed E-state index contributed by atoms with van der Waals surface area (Å²) in [6.45, 7) is 1.27. The van der Waals surface area contributed by atoms with Gasteiger partial charge in [0.2, 0.25) is 0 Å². The third-order valence-corrected chi connectivity index (χ3v) is 1.94. The maximum absolute atomic E-state index is 13.1. The van der Waals surface area contributed by atoms with Crippen LogP contribution >= 0.6 is 15.9 Å². The van der Waals surface area contributed by atoms with E-state index < -0.39 is 5.97 Å². The van der Waals surface area contributed by atoms with Crippen molar-refractivity contribution >= 4 is 21.9 Å². The first-order chi connectivity index (χ1) is 6.09. The number of esters is 1. The molecule has 0 amide bonds. The van der Waals surface area contributed by atoms with Crippen LogP contribution in [0, 0.1) is 5.82 Å². The molecule has 0 aliphatic rings. The van der Waals surface area contributed by atoms with Gasteiger partial charge in [-0.25, -0.2) is 4.39 Å². The van der Waals surface area contributed by atoms with Crippen LogP contribution in [0.5, 0.6) is 0 Å². The Kier molecular flexibility index (Phi) is 3.42. The molecule has 0 atom stereocenters. The van der Waals surface area contributed by atoms with Crippen LogP contribution in [0.25, 0.3) is 0 Å². The van der Waals surface area contributed by atoms with Crippen LogP contribution in [0.3, 0.4) is 0 Å². The van der Waals surface area contributed by atoms with Crippen molar-refractivity contribution in [3.63, 3.8) is 0 Å². The molecule has 0 aliphatic carbocycles. The summed E-state index contributed by atoms with van der Waals surface area (Å²) in [4.78, 5) is 10.4. The summed E-state index contributed by atoms with van der Waals surface area (Å²) < 4.78 is 18.4. The first kappa shape index (κ1) is 10.2. The van der Waals surface area contributed by atoms with Gasteiger partial charge in [-0.2, -0.15) is 0 Å². The minimum absolute atomic E-state index is 0.0194. The van der Waals surface area contributed by atoms with Crippen LogP contribution in [0.15, 0.2) is 22.7 Å². The minimum atomic E-state index is -0.415. The Bertz CT molecular complexity index is 325. The molecule has 0 N–H and O–H groups in total. The lowest BCUT2D eigenvalue weighted by molar-refractivity contribution is -0.142. The van der Waals surface area contributed by atoms with Crippen molar-refractivity contribution in [1.29, 1.82) is 0 Å². The van der Waals surface area contributed by atoms with Gasteiger partial charge in [-0.3, -0.25) is 4.79 Å². The number of carbonyl (C=O) groups excluding carboxylic acids is 1. The summed E-state index contributed by atoms with van der Waals surface area (Å²) in [5, 5.41) is 0. The number of ether oxygens (including phenoxy) is 1. The van der Waals surface area contributed by atoms with Crippen molar-refractivity contribution in [2.45, 2.75) is 13.5 Å². The number of halogens is 2. The predicted molar refractivity (Wildman–Crippen MR) is 49.6 cm³/mol. The van der Waals surface area contributed by atoms with Crippen LogP contribution in [0.2, 0.25) is 0 Å². The maximum atomic E-state index is 13.1. The molecule has 0 bridgehead atoms. The average molecular weight is 247 g/mol. The van der Waals surface area contributed by atoms with Crippen LogP contribution in [0.1, 0.15) is 12.5 Å². The van der Waals surface area contributed by atoms with E-state index in [-0.39, 0.29) is 12.4 Å². The zero-order valence-electron chi connectivity index (χ0n) is 7.01. The Morgan fingerprint density at radius 1 is 1.62 bits per heavy atom. The molecule has 0 radical (unpaired) electrons. The number of carbonyl (C=O) groups is 1. The van der Waals surface area contributed by atoms with Crippen molar-refractivity contribution in [3.8, 4) is 0 Å². The second-order valence-corrected chi connectivity index (χ2v) is 3.43. The lowest BCUT2D eigenvalue weighted by Gasteiger charge is -2.03. The molecule has 13 heavy (non-hydrogen) atoms. The lowest BCUT2D eigenvalue weighted by Crippen LogP contribution is -2.00. The smallest absolute Gasteiger partial charge is 0.302 e. The van der Waals surface area contributed by atoms with Gasteiger partial charge in [0.25, 0.3) is 0 Å². The van der Waals surface area contributed by atoms with E-state index in [1.54, 1.807) is 12.1 Å². The highest BCUT2D eigenvalue weighted by Crippen LogP contribution is 2.15. The van der Waals surface area contributed by atoms with Crippen molar-refractivity contribution < 1.29 is 13.9 Å². The average Bonchev–Trinajstić information content (AvgIpc) is 2.02.